The Morgan fingerprint density at radius 3 is 2.54 bits per heavy atom. The molecule has 1 aliphatic heterocycles. The number of ether oxygens (including phenoxy) is 1. The van der Waals surface area contributed by atoms with Crippen LogP contribution in [-0.2, 0) is 4.79 Å². The van der Waals surface area contributed by atoms with Gasteiger partial charge in [-0.05, 0) is 36.4 Å². The SMILES string of the molecule is CNC(=O)C[C@@H]1CN(C(=O)c2ccc(Nc3ccccc3OC)cc2)C[C@H]1O. The first-order valence-electron chi connectivity index (χ1n) is 9.20. The van der Waals surface area contributed by atoms with Crippen molar-refractivity contribution in [3.8, 4) is 5.75 Å². The molecule has 0 saturated carbocycles. The molecule has 7 nitrogen and oxygen atoms in total. The molecule has 2 aromatic rings. The highest BCUT2D eigenvalue weighted by molar-refractivity contribution is 5.95. The molecule has 148 valence electrons. The summed E-state index contributed by atoms with van der Waals surface area (Å²) in [5.74, 6) is 0.207. The molecule has 1 fully saturated rings. The molecule has 3 N–H and O–H groups in total. The van der Waals surface area contributed by atoms with E-state index >= 15 is 0 Å². The summed E-state index contributed by atoms with van der Waals surface area (Å²) in [5, 5.41) is 16.0. The number of aliphatic hydroxyl groups excluding tert-OH is 1. The number of carbonyl (C=O) groups excluding carboxylic acids is 2. The van der Waals surface area contributed by atoms with Crippen LogP contribution in [0.1, 0.15) is 16.8 Å². The number of nitrogens with one attached hydrogen (secondary N) is 2. The second-order valence-corrected chi connectivity index (χ2v) is 6.82. The maximum absolute atomic E-state index is 12.7. The zero-order valence-electron chi connectivity index (χ0n) is 16.0. The van der Waals surface area contributed by atoms with Gasteiger partial charge >= 0.3 is 0 Å². The van der Waals surface area contributed by atoms with E-state index in [1.807, 2.05) is 36.4 Å². The molecule has 7 heteroatoms. The number of amides is 2. The number of hydrogen-bond donors (Lipinski definition) is 3. The van der Waals surface area contributed by atoms with Crippen LogP contribution in [0.15, 0.2) is 48.5 Å². The van der Waals surface area contributed by atoms with E-state index < -0.39 is 6.10 Å². The Morgan fingerprint density at radius 1 is 1.14 bits per heavy atom. The van der Waals surface area contributed by atoms with E-state index in [2.05, 4.69) is 10.6 Å². The number of nitrogens with zero attached hydrogens (tertiary/aromatic N) is 1. The third-order valence-electron chi connectivity index (χ3n) is 4.94. The summed E-state index contributed by atoms with van der Waals surface area (Å²) in [7, 11) is 3.18. The smallest absolute Gasteiger partial charge is 0.253 e. The van der Waals surface area contributed by atoms with Crippen molar-refractivity contribution in [1.82, 2.24) is 10.2 Å². The van der Waals surface area contributed by atoms with Gasteiger partial charge in [0.2, 0.25) is 5.91 Å². The number of benzene rings is 2. The van der Waals surface area contributed by atoms with Crippen molar-refractivity contribution in [2.45, 2.75) is 12.5 Å². The van der Waals surface area contributed by atoms with Gasteiger partial charge < -0.3 is 25.4 Å². The van der Waals surface area contributed by atoms with Crippen LogP contribution in [-0.4, -0.2) is 55.2 Å². The van der Waals surface area contributed by atoms with Crippen molar-refractivity contribution in [1.29, 1.82) is 0 Å². The van der Waals surface area contributed by atoms with E-state index in [1.165, 1.54) is 0 Å². The molecule has 2 atom stereocenters. The van der Waals surface area contributed by atoms with Crippen LogP contribution in [0.2, 0.25) is 0 Å². The highest BCUT2D eigenvalue weighted by atomic mass is 16.5. The number of para-hydroxylation sites is 2. The number of methoxy groups -OCH3 is 1. The van der Waals surface area contributed by atoms with E-state index in [9.17, 15) is 14.7 Å². The van der Waals surface area contributed by atoms with E-state index in [0.717, 1.165) is 17.1 Å². The number of aliphatic hydroxyl groups is 1. The monoisotopic (exact) mass is 383 g/mol. The Morgan fingerprint density at radius 2 is 1.86 bits per heavy atom. The lowest BCUT2D eigenvalue weighted by Crippen LogP contribution is -2.29. The van der Waals surface area contributed by atoms with Crippen LogP contribution in [0.5, 0.6) is 5.75 Å². The Bertz CT molecular complexity index is 838. The van der Waals surface area contributed by atoms with Gasteiger partial charge in [-0.3, -0.25) is 9.59 Å². The van der Waals surface area contributed by atoms with Crippen molar-refractivity contribution < 1.29 is 19.4 Å². The van der Waals surface area contributed by atoms with Gasteiger partial charge in [0.15, 0.2) is 0 Å². The topological polar surface area (TPSA) is 90.9 Å². The fraction of sp³-hybridized carbons (Fsp3) is 0.333. The Kier molecular flexibility index (Phi) is 6.16. The number of rotatable bonds is 6. The average Bonchev–Trinajstić information content (AvgIpc) is 3.08. The first-order chi connectivity index (χ1) is 13.5. The van der Waals surface area contributed by atoms with Gasteiger partial charge in [0.1, 0.15) is 5.75 Å². The fourth-order valence-corrected chi connectivity index (χ4v) is 3.34. The van der Waals surface area contributed by atoms with Crippen molar-refractivity contribution in [2.75, 3.05) is 32.6 Å². The lowest BCUT2D eigenvalue weighted by atomic mass is 10.0. The van der Waals surface area contributed by atoms with Crippen LogP contribution < -0.4 is 15.4 Å². The molecule has 0 spiro atoms. The summed E-state index contributed by atoms with van der Waals surface area (Å²) in [5.41, 5.74) is 2.21. The lowest BCUT2D eigenvalue weighted by Gasteiger charge is -2.16. The molecule has 0 unspecified atom stereocenters. The maximum atomic E-state index is 12.7. The Labute approximate surface area is 164 Å². The van der Waals surface area contributed by atoms with Crippen molar-refractivity contribution in [3.63, 3.8) is 0 Å². The van der Waals surface area contributed by atoms with Crippen molar-refractivity contribution >= 4 is 23.2 Å². The summed E-state index contributed by atoms with van der Waals surface area (Å²) in [6.07, 6.45) is -0.476. The molecule has 3 rings (SSSR count). The molecule has 2 amide bonds. The predicted octanol–water partition coefficient (Wildman–Crippen LogP) is 2.01. The van der Waals surface area contributed by atoms with E-state index in [1.54, 1.807) is 31.2 Å². The molecule has 1 heterocycles. The van der Waals surface area contributed by atoms with Crippen molar-refractivity contribution in [3.05, 3.63) is 54.1 Å². The van der Waals surface area contributed by atoms with Gasteiger partial charge in [0, 0.05) is 43.7 Å². The van der Waals surface area contributed by atoms with E-state index in [-0.39, 0.29) is 30.7 Å². The highest BCUT2D eigenvalue weighted by Crippen LogP contribution is 2.27. The minimum atomic E-state index is -0.687. The minimum absolute atomic E-state index is 0.134. The quantitative estimate of drug-likeness (QED) is 0.710. The van der Waals surface area contributed by atoms with Crippen LogP contribution in [0.4, 0.5) is 11.4 Å². The molecular formula is C21H25N3O4. The standard InChI is InChI=1S/C21H25N3O4/c1-22-20(26)11-15-12-24(13-18(15)25)21(27)14-7-9-16(10-8-14)23-17-5-3-4-6-19(17)28-2/h3-10,15,18,23,25H,11-13H2,1-2H3,(H,22,26)/t15-,18-/m1/s1. The second kappa shape index (κ2) is 8.75. The molecule has 1 aliphatic rings. The summed E-state index contributed by atoms with van der Waals surface area (Å²) < 4.78 is 5.33. The number of β-amino-alcohol motifs (C(OH)–C–C–N with tert-alkyl or cyclic N) is 1. The van der Waals surface area contributed by atoms with Crippen molar-refractivity contribution in [2.24, 2.45) is 5.92 Å². The number of hydrogen-bond acceptors (Lipinski definition) is 5. The zero-order chi connectivity index (χ0) is 20.1. The lowest BCUT2D eigenvalue weighted by molar-refractivity contribution is -0.122. The summed E-state index contributed by atoms with van der Waals surface area (Å²) in [6, 6.07) is 14.7. The van der Waals surface area contributed by atoms with Gasteiger partial charge in [-0.1, -0.05) is 12.1 Å². The third kappa shape index (κ3) is 4.43. The van der Waals surface area contributed by atoms with Gasteiger partial charge in [0.25, 0.3) is 5.91 Å². The maximum Gasteiger partial charge on any atom is 0.253 e. The first-order valence-corrected chi connectivity index (χ1v) is 9.20. The predicted molar refractivity (Wildman–Crippen MR) is 107 cm³/mol. The molecule has 0 aromatic heterocycles. The molecule has 1 saturated heterocycles. The number of anilines is 2. The first kappa shape index (κ1) is 19.7. The van der Waals surface area contributed by atoms with Gasteiger partial charge in [-0.2, -0.15) is 0 Å². The average molecular weight is 383 g/mol. The summed E-state index contributed by atoms with van der Waals surface area (Å²) >= 11 is 0. The Hall–Kier alpha value is -3.06. The fourth-order valence-electron chi connectivity index (χ4n) is 3.34. The van der Waals surface area contributed by atoms with Gasteiger partial charge in [0.05, 0.1) is 18.9 Å². The van der Waals surface area contributed by atoms with E-state index in [0.29, 0.717) is 12.1 Å². The van der Waals surface area contributed by atoms with Crippen LogP contribution >= 0.6 is 0 Å². The minimum Gasteiger partial charge on any atom is -0.495 e. The zero-order valence-corrected chi connectivity index (χ0v) is 16.0. The molecule has 0 aliphatic carbocycles. The Balaban J connectivity index is 1.65. The van der Waals surface area contributed by atoms with Gasteiger partial charge in [-0.15, -0.1) is 0 Å². The summed E-state index contributed by atoms with van der Waals surface area (Å²) in [4.78, 5) is 25.9. The van der Waals surface area contributed by atoms with E-state index in [4.69, 9.17) is 4.74 Å². The number of carbonyl (C=O) groups is 2. The van der Waals surface area contributed by atoms with Crippen LogP contribution in [0.3, 0.4) is 0 Å². The molecule has 2 aromatic carbocycles. The molecular weight excluding hydrogens is 358 g/mol. The largest absolute Gasteiger partial charge is 0.495 e. The van der Waals surface area contributed by atoms with Crippen LogP contribution in [0.25, 0.3) is 0 Å². The molecule has 28 heavy (non-hydrogen) atoms. The van der Waals surface area contributed by atoms with Crippen LogP contribution in [0, 0.1) is 5.92 Å². The molecule has 0 radical (unpaired) electrons. The highest BCUT2D eigenvalue weighted by Gasteiger charge is 2.35. The number of likely N-dealkylation sites (tertiary alicyclic amines) is 1. The summed E-state index contributed by atoms with van der Waals surface area (Å²) in [6.45, 7) is 0.607. The second-order valence-electron chi connectivity index (χ2n) is 6.82. The third-order valence-corrected chi connectivity index (χ3v) is 4.94. The van der Waals surface area contributed by atoms with Gasteiger partial charge in [-0.25, -0.2) is 0 Å². The normalized spacial score (nSPS) is 18.6. The molecule has 0 bridgehead atoms.